The number of aliphatic hydroxyl groups is 1. The SMILES string of the molecule is CC[C@H](C)[C@H](NC(C)=O)C(=O)N[C@@H](CO)C(=O)N[C@@H](Cc1ccc2ccccc2c1)C(=O)N[C@@H](CCC(=O)O)C(=O)N[C@@H](CC(C)C)C(=O)O. The van der Waals surface area contributed by atoms with Gasteiger partial charge >= 0.3 is 11.9 Å². The van der Waals surface area contributed by atoms with Gasteiger partial charge in [0.25, 0.3) is 0 Å². The van der Waals surface area contributed by atoms with Crippen molar-refractivity contribution >= 4 is 52.2 Å². The van der Waals surface area contributed by atoms with Crippen LogP contribution in [0.25, 0.3) is 10.8 Å². The van der Waals surface area contributed by atoms with Crippen LogP contribution in [0.3, 0.4) is 0 Å². The second-order valence-electron chi connectivity index (χ2n) is 12.8. The van der Waals surface area contributed by atoms with E-state index in [0.717, 1.165) is 10.8 Å². The van der Waals surface area contributed by atoms with Gasteiger partial charge in [-0.05, 0) is 41.0 Å². The molecule has 0 aliphatic heterocycles. The van der Waals surface area contributed by atoms with Crippen molar-refractivity contribution < 1.29 is 48.9 Å². The molecule has 2 aromatic carbocycles. The zero-order valence-electron chi connectivity index (χ0n) is 29.0. The fourth-order valence-electron chi connectivity index (χ4n) is 5.23. The first-order valence-corrected chi connectivity index (χ1v) is 16.6. The highest BCUT2D eigenvalue weighted by Crippen LogP contribution is 2.17. The highest BCUT2D eigenvalue weighted by atomic mass is 16.4. The van der Waals surface area contributed by atoms with Gasteiger partial charge in [0.15, 0.2) is 0 Å². The molecule has 6 atom stereocenters. The van der Waals surface area contributed by atoms with Crippen LogP contribution in [0.1, 0.15) is 65.9 Å². The summed E-state index contributed by atoms with van der Waals surface area (Å²) in [6, 6.07) is 6.07. The van der Waals surface area contributed by atoms with Crippen molar-refractivity contribution in [3.05, 3.63) is 48.0 Å². The Labute approximate surface area is 290 Å². The Bertz CT molecular complexity index is 1530. The number of benzene rings is 2. The smallest absolute Gasteiger partial charge is 0.326 e. The van der Waals surface area contributed by atoms with Crippen molar-refractivity contribution in [3.8, 4) is 0 Å². The van der Waals surface area contributed by atoms with E-state index < -0.39 is 84.7 Å². The molecule has 0 bridgehead atoms. The maximum atomic E-state index is 13.8. The number of aliphatic carboxylic acids is 2. The zero-order valence-corrected chi connectivity index (χ0v) is 29.0. The molecule has 2 rings (SSSR count). The van der Waals surface area contributed by atoms with Gasteiger partial charge in [-0.3, -0.25) is 28.8 Å². The molecule has 0 heterocycles. The van der Waals surface area contributed by atoms with Crippen molar-refractivity contribution in [1.82, 2.24) is 26.6 Å². The Morgan fingerprint density at radius 3 is 1.82 bits per heavy atom. The second-order valence-corrected chi connectivity index (χ2v) is 12.8. The maximum Gasteiger partial charge on any atom is 0.326 e. The van der Waals surface area contributed by atoms with Gasteiger partial charge in [-0.25, -0.2) is 4.79 Å². The first-order chi connectivity index (χ1) is 23.6. The third-order valence-corrected chi connectivity index (χ3v) is 8.16. The summed E-state index contributed by atoms with van der Waals surface area (Å²) in [6.45, 7) is 7.46. The minimum absolute atomic E-state index is 0.0788. The van der Waals surface area contributed by atoms with E-state index in [1.165, 1.54) is 6.92 Å². The quantitative estimate of drug-likeness (QED) is 0.0970. The van der Waals surface area contributed by atoms with Crippen LogP contribution >= 0.6 is 0 Å². The lowest BCUT2D eigenvalue weighted by molar-refractivity contribution is -0.143. The minimum atomic E-state index is -1.53. The van der Waals surface area contributed by atoms with E-state index >= 15 is 0 Å². The van der Waals surface area contributed by atoms with Crippen molar-refractivity contribution in [1.29, 1.82) is 0 Å². The van der Waals surface area contributed by atoms with Crippen molar-refractivity contribution in [3.63, 3.8) is 0 Å². The second kappa shape index (κ2) is 19.8. The molecule has 0 radical (unpaired) electrons. The largest absolute Gasteiger partial charge is 0.481 e. The molecule has 0 fully saturated rings. The summed E-state index contributed by atoms with van der Waals surface area (Å²) in [6.07, 6.45) is -0.438. The van der Waals surface area contributed by atoms with E-state index in [2.05, 4.69) is 26.6 Å². The predicted octanol–water partition coefficient (Wildman–Crippen LogP) is 0.860. The van der Waals surface area contributed by atoms with Gasteiger partial charge in [0, 0.05) is 19.8 Å². The highest BCUT2D eigenvalue weighted by Gasteiger charge is 2.33. The van der Waals surface area contributed by atoms with Crippen LogP contribution < -0.4 is 26.6 Å². The fraction of sp³-hybridized carbons (Fsp3) is 0.514. The van der Waals surface area contributed by atoms with Gasteiger partial charge < -0.3 is 41.9 Å². The molecule has 0 saturated carbocycles. The lowest BCUT2D eigenvalue weighted by atomic mass is 9.97. The molecule has 2 aromatic rings. The molecule has 15 nitrogen and oxygen atoms in total. The summed E-state index contributed by atoms with van der Waals surface area (Å²) in [7, 11) is 0. The van der Waals surface area contributed by atoms with Crippen LogP contribution in [0.15, 0.2) is 42.5 Å². The number of carboxylic acid groups (broad SMARTS) is 2. The number of rotatable bonds is 20. The number of nitrogens with one attached hydrogen (secondary N) is 5. The van der Waals surface area contributed by atoms with E-state index in [4.69, 9.17) is 0 Å². The Morgan fingerprint density at radius 1 is 0.700 bits per heavy atom. The third kappa shape index (κ3) is 13.1. The van der Waals surface area contributed by atoms with E-state index in [1.807, 2.05) is 37.3 Å². The average molecular weight is 700 g/mol. The van der Waals surface area contributed by atoms with Gasteiger partial charge in [0.05, 0.1) is 6.61 Å². The molecule has 5 amide bonds. The maximum absolute atomic E-state index is 13.8. The Hall–Kier alpha value is -5.05. The van der Waals surface area contributed by atoms with Gasteiger partial charge in [-0.15, -0.1) is 0 Å². The Balaban J connectivity index is 2.41. The van der Waals surface area contributed by atoms with Crippen LogP contribution in [0.4, 0.5) is 0 Å². The molecule has 274 valence electrons. The molecule has 50 heavy (non-hydrogen) atoms. The number of aliphatic hydroxyl groups excluding tert-OH is 1. The number of carboxylic acids is 2. The standard InChI is InChI=1S/C35H49N5O10/c1-6-20(4)30(36-21(5)42)34(48)40-28(18-41)33(47)38-26(17-22-11-12-23-9-7-8-10-24(23)16-22)32(46)37-25(13-14-29(43)44)31(45)39-27(35(49)50)15-19(2)3/h7-12,16,19-20,25-28,30,41H,6,13-15,17-18H2,1-5H3,(H,36,42)(H,37,46)(H,38,47)(H,39,45)(H,40,48)(H,43,44)(H,49,50)/t20-,25-,26-,27-,28-,30-/m0/s1. The molecule has 0 spiro atoms. The van der Waals surface area contributed by atoms with E-state index in [1.54, 1.807) is 32.9 Å². The summed E-state index contributed by atoms with van der Waals surface area (Å²) in [5.74, 6) is -6.94. The number of carbonyl (C=O) groups excluding carboxylic acids is 5. The highest BCUT2D eigenvalue weighted by molar-refractivity contribution is 5.96. The van der Waals surface area contributed by atoms with Crippen molar-refractivity contribution in [2.75, 3.05) is 6.61 Å². The van der Waals surface area contributed by atoms with Gasteiger partial charge in [-0.2, -0.15) is 0 Å². The van der Waals surface area contributed by atoms with E-state index in [-0.39, 0.29) is 31.1 Å². The average Bonchev–Trinajstić information content (AvgIpc) is 3.05. The van der Waals surface area contributed by atoms with Gasteiger partial charge in [-0.1, -0.05) is 76.6 Å². The summed E-state index contributed by atoms with van der Waals surface area (Å²) in [5, 5.41) is 43.1. The summed E-state index contributed by atoms with van der Waals surface area (Å²) < 4.78 is 0. The first-order valence-electron chi connectivity index (χ1n) is 16.6. The van der Waals surface area contributed by atoms with Crippen LogP contribution in [-0.4, -0.2) is 93.6 Å². The topological polar surface area (TPSA) is 240 Å². The minimum Gasteiger partial charge on any atom is -0.481 e. The zero-order chi connectivity index (χ0) is 37.5. The number of carbonyl (C=O) groups is 7. The summed E-state index contributed by atoms with van der Waals surface area (Å²) in [4.78, 5) is 88.6. The number of hydrogen-bond donors (Lipinski definition) is 8. The van der Waals surface area contributed by atoms with Crippen LogP contribution in [0.5, 0.6) is 0 Å². The van der Waals surface area contributed by atoms with Gasteiger partial charge in [0.1, 0.15) is 30.2 Å². The third-order valence-electron chi connectivity index (χ3n) is 8.16. The molecule has 0 unspecified atom stereocenters. The summed E-state index contributed by atoms with van der Waals surface area (Å²) >= 11 is 0. The molecule has 8 N–H and O–H groups in total. The summed E-state index contributed by atoms with van der Waals surface area (Å²) in [5.41, 5.74) is 0.602. The molecule has 15 heteroatoms. The number of fused-ring (bicyclic) bond motifs is 1. The molecular weight excluding hydrogens is 650 g/mol. The van der Waals surface area contributed by atoms with E-state index in [0.29, 0.717) is 12.0 Å². The van der Waals surface area contributed by atoms with Crippen molar-refractivity contribution in [2.45, 2.75) is 96.9 Å². The lowest BCUT2D eigenvalue weighted by Gasteiger charge is -2.27. The molecule has 0 aliphatic rings. The normalized spacial score (nSPS) is 14.7. The van der Waals surface area contributed by atoms with Crippen molar-refractivity contribution in [2.24, 2.45) is 11.8 Å². The molecule has 0 aliphatic carbocycles. The monoisotopic (exact) mass is 699 g/mol. The molecule has 0 aromatic heterocycles. The van der Waals surface area contributed by atoms with Crippen LogP contribution in [0, 0.1) is 11.8 Å². The van der Waals surface area contributed by atoms with Crippen LogP contribution in [-0.2, 0) is 40.0 Å². The number of hydrogen-bond acceptors (Lipinski definition) is 8. The number of amides is 5. The first kappa shape index (κ1) is 41.1. The Morgan fingerprint density at radius 2 is 1.26 bits per heavy atom. The molecule has 0 saturated heterocycles. The van der Waals surface area contributed by atoms with E-state index in [9.17, 15) is 48.9 Å². The predicted molar refractivity (Wildman–Crippen MR) is 183 cm³/mol. The van der Waals surface area contributed by atoms with Crippen LogP contribution in [0.2, 0.25) is 0 Å². The lowest BCUT2D eigenvalue weighted by Crippen LogP contribution is -2.60. The van der Waals surface area contributed by atoms with Gasteiger partial charge in [0.2, 0.25) is 29.5 Å². The molecular formula is C35H49N5O10. The fourth-order valence-corrected chi connectivity index (χ4v) is 5.23. The Kier molecular flexibility index (Phi) is 16.3.